The summed E-state index contributed by atoms with van der Waals surface area (Å²) in [5.41, 5.74) is 7.55. The molecule has 0 spiro atoms. The van der Waals surface area contributed by atoms with Crippen LogP contribution in [0.5, 0.6) is 0 Å². The highest BCUT2D eigenvalue weighted by Gasteiger charge is 1.76. The third-order valence-corrected chi connectivity index (χ3v) is 1.79. The second-order valence-corrected chi connectivity index (χ2v) is 3.16. The van der Waals surface area contributed by atoms with E-state index in [0.29, 0.717) is 0 Å². The zero-order valence-electron chi connectivity index (χ0n) is 6.06. The van der Waals surface area contributed by atoms with Gasteiger partial charge >= 0.3 is 0 Å². The van der Waals surface area contributed by atoms with E-state index in [-0.39, 0.29) is 9.52 Å². The molecule has 0 rings (SSSR count). The second-order valence-electron chi connectivity index (χ2n) is 1.87. The molecular weight excluding hydrogens is 128 g/mol. The average molecular weight is 144 g/mol. The Bertz CT molecular complexity index is 73.5. The molecule has 0 aliphatic carbocycles. The van der Waals surface area contributed by atoms with Crippen molar-refractivity contribution in [3.63, 3.8) is 0 Å². The summed E-state index contributed by atoms with van der Waals surface area (Å²) < 4.78 is 0. The molecule has 0 saturated heterocycles. The molecule has 0 heterocycles. The molecule has 0 aromatic carbocycles. The number of nitrogens with one attached hydrogen (secondary N) is 1. The van der Waals surface area contributed by atoms with Crippen molar-refractivity contribution < 1.29 is 0 Å². The fourth-order valence-corrected chi connectivity index (χ4v) is 1.04. The van der Waals surface area contributed by atoms with Crippen LogP contribution in [0.4, 0.5) is 0 Å². The third-order valence-electron chi connectivity index (χ3n) is 0.986. The number of hydrogen-bond acceptors (Lipinski definition) is 2. The summed E-state index contributed by atoms with van der Waals surface area (Å²) in [7, 11) is 0.128. The van der Waals surface area contributed by atoms with E-state index < -0.39 is 0 Å². The highest BCUT2D eigenvalue weighted by Crippen LogP contribution is 1.66. The van der Waals surface area contributed by atoms with Gasteiger partial charge < -0.3 is 11.1 Å². The predicted octanol–water partition coefficient (Wildman–Crippen LogP) is -0.735. The molecule has 0 aliphatic heterocycles. The smallest absolute Gasteiger partial charge is 0.0420 e. The molecule has 54 valence electrons. The Labute approximate surface area is 59.3 Å². The van der Waals surface area contributed by atoms with Crippen LogP contribution >= 0.6 is 0 Å². The zero-order valence-corrected chi connectivity index (χ0v) is 7.47. The van der Waals surface area contributed by atoms with Gasteiger partial charge in [0.25, 0.3) is 0 Å². The molecule has 3 heteroatoms. The van der Waals surface area contributed by atoms with Crippen LogP contribution in [0.1, 0.15) is 0 Å². The van der Waals surface area contributed by atoms with Crippen LogP contribution in [-0.4, -0.2) is 29.2 Å². The van der Waals surface area contributed by atoms with Crippen molar-refractivity contribution in [3.8, 4) is 0 Å². The first-order valence-electron chi connectivity index (χ1n) is 3.47. The Balaban J connectivity index is 2.82. The van der Waals surface area contributed by atoms with Gasteiger partial charge in [-0.25, -0.2) is 0 Å². The van der Waals surface area contributed by atoms with E-state index in [1.807, 2.05) is 0 Å². The summed E-state index contributed by atoms with van der Waals surface area (Å²) >= 11 is 0. The normalized spacial score (nSPS) is 12.2. The summed E-state index contributed by atoms with van der Waals surface area (Å²) in [5, 5.41) is 3.18. The number of nitrogens with two attached hydrogens (primary N) is 1. The van der Waals surface area contributed by atoms with Gasteiger partial charge in [-0.3, -0.25) is 0 Å². The van der Waals surface area contributed by atoms with Gasteiger partial charge in [-0.15, -0.1) is 5.70 Å². The van der Waals surface area contributed by atoms with Crippen LogP contribution in [-0.2, 0) is 0 Å². The van der Waals surface area contributed by atoms with Gasteiger partial charge in [0, 0.05) is 29.2 Å². The molecule has 3 N–H and O–H groups in total. The topological polar surface area (TPSA) is 38.0 Å². The highest BCUT2D eigenvalue weighted by molar-refractivity contribution is 6.40. The monoisotopic (exact) mass is 144 g/mol. The van der Waals surface area contributed by atoms with Crippen LogP contribution in [0.15, 0.2) is 11.8 Å². The number of hydrogen-bond donors (Lipinski definition) is 2. The Kier molecular flexibility index (Phi) is 7.77. The maximum atomic E-state index is 5.27. The van der Waals surface area contributed by atoms with E-state index in [2.05, 4.69) is 23.6 Å². The first-order valence-corrected chi connectivity index (χ1v) is 5.70. The van der Waals surface area contributed by atoms with Crippen molar-refractivity contribution in [2.75, 3.05) is 19.6 Å². The summed E-state index contributed by atoms with van der Waals surface area (Å²) in [6, 6.07) is 0. The minimum Gasteiger partial charge on any atom is -0.329 e. The van der Waals surface area contributed by atoms with Gasteiger partial charge in [0.15, 0.2) is 0 Å². The molecule has 0 radical (unpaired) electrons. The highest BCUT2D eigenvalue weighted by atomic mass is 28.2. The molecule has 0 aromatic rings. The SMILES string of the molecule is C[SiH2]C=CCNCCN. The minimum absolute atomic E-state index is 0.128. The van der Waals surface area contributed by atoms with Crippen molar-refractivity contribution in [1.82, 2.24) is 5.32 Å². The molecule has 2 nitrogen and oxygen atoms in total. The van der Waals surface area contributed by atoms with Gasteiger partial charge in [-0.05, 0) is 0 Å². The lowest BCUT2D eigenvalue weighted by Crippen LogP contribution is -2.22. The quantitative estimate of drug-likeness (QED) is 0.394. The molecule has 9 heavy (non-hydrogen) atoms. The molecule has 0 unspecified atom stereocenters. The summed E-state index contributed by atoms with van der Waals surface area (Å²) in [5.74, 6) is 0. The molecule has 0 saturated carbocycles. The van der Waals surface area contributed by atoms with Crippen LogP contribution in [0.2, 0.25) is 6.55 Å². The van der Waals surface area contributed by atoms with Gasteiger partial charge in [0.2, 0.25) is 0 Å². The van der Waals surface area contributed by atoms with Gasteiger partial charge in [0.05, 0.1) is 0 Å². The lowest BCUT2D eigenvalue weighted by molar-refractivity contribution is 0.754. The van der Waals surface area contributed by atoms with Crippen LogP contribution in [0.3, 0.4) is 0 Å². The van der Waals surface area contributed by atoms with Crippen LogP contribution < -0.4 is 11.1 Å². The largest absolute Gasteiger partial charge is 0.329 e. The molecule has 0 amide bonds. The van der Waals surface area contributed by atoms with Gasteiger partial charge in [-0.2, -0.15) is 0 Å². The summed E-state index contributed by atoms with van der Waals surface area (Å²) in [6.45, 7) is 4.91. The predicted molar refractivity (Wildman–Crippen MR) is 45.5 cm³/mol. The Morgan fingerprint density at radius 1 is 1.67 bits per heavy atom. The van der Waals surface area contributed by atoms with Gasteiger partial charge in [-0.1, -0.05) is 12.6 Å². The standard InChI is InChI=1S/C6H16N2Si/c1-9-6-2-4-8-5-3-7/h2,6,8H,3-5,7,9H2,1H3. The fraction of sp³-hybridized carbons (Fsp3) is 0.667. The van der Waals surface area contributed by atoms with Gasteiger partial charge in [0.1, 0.15) is 0 Å². The number of rotatable bonds is 5. The van der Waals surface area contributed by atoms with Crippen molar-refractivity contribution in [3.05, 3.63) is 11.8 Å². The van der Waals surface area contributed by atoms with E-state index in [1.54, 1.807) is 0 Å². The molecular formula is C6H16N2Si. The molecule has 0 aromatic heterocycles. The molecule has 0 fully saturated rings. The fourth-order valence-electron chi connectivity index (χ4n) is 0.537. The first kappa shape index (κ1) is 8.88. The summed E-state index contributed by atoms with van der Waals surface area (Å²) in [6.07, 6.45) is 2.18. The van der Waals surface area contributed by atoms with E-state index in [0.717, 1.165) is 19.6 Å². The average Bonchev–Trinajstić information content (AvgIpc) is 1.89. The lowest BCUT2D eigenvalue weighted by atomic mass is 10.6. The van der Waals surface area contributed by atoms with Crippen molar-refractivity contribution in [1.29, 1.82) is 0 Å². The Morgan fingerprint density at radius 2 is 2.44 bits per heavy atom. The van der Waals surface area contributed by atoms with Crippen LogP contribution in [0.25, 0.3) is 0 Å². The van der Waals surface area contributed by atoms with E-state index >= 15 is 0 Å². The Hall–Kier alpha value is -0.123. The van der Waals surface area contributed by atoms with Crippen molar-refractivity contribution >= 4 is 9.52 Å². The minimum atomic E-state index is 0.128. The first-order chi connectivity index (χ1) is 4.41. The van der Waals surface area contributed by atoms with E-state index in [4.69, 9.17) is 5.73 Å². The second kappa shape index (κ2) is 7.88. The summed E-state index contributed by atoms with van der Waals surface area (Å²) in [4.78, 5) is 0. The molecule has 0 atom stereocenters. The van der Waals surface area contributed by atoms with E-state index in [9.17, 15) is 0 Å². The van der Waals surface area contributed by atoms with Crippen LogP contribution in [0, 0.1) is 0 Å². The van der Waals surface area contributed by atoms with Crippen molar-refractivity contribution in [2.24, 2.45) is 5.73 Å². The Morgan fingerprint density at radius 3 is 3.00 bits per heavy atom. The maximum absolute atomic E-state index is 5.27. The van der Waals surface area contributed by atoms with Crippen molar-refractivity contribution in [2.45, 2.75) is 6.55 Å². The molecule has 0 aliphatic rings. The lowest BCUT2D eigenvalue weighted by Gasteiger charge is -1.94. The zero-order chi connectivity index (χ0) is 6.95. The molecule has 0 bridgehead atoms. The maximum Gasteiger partial charge on any atom is 0.0420 e. The van der Waals surface area contributed by atoms with E-state index in [1.165, 1.54) is 0 Å². The third kappa shape index (κ3) is 7.88.